The Bertz CT molecular complexity index is 4900. The lowest BCUT2D eigenvalue weighted by Crippen LogP contribution is -2.41. The molecule has 488 valence electrons. The predicted octanol–water partition coefficient (Wildman–Crippen LogP) is 16.9. The van der Waals surface area contributed by atoms with E-state index in [0.29, 0.717) is 22.1 Å². The van der Waals surface area contributed by atoms with Crippen molar-refractivity contribution in [1.82, 2.24) is 34.9 Å². The number of rotatable bonds is 5. The van der Waals surface area contributed by atoms with Gasteiger partial charge >= 0.3 is 21.1 Å². The van der Waals surface area contributed by atoms with Crippen molar-refractivity contribution in [3.63, 3.8) is 0 Å². The molecule has 96 heavy (non-hydrogen) atoms. The van der Waals surface area contributed by atoms with E-state index in [1.165, 1.54) is 23.1 Å². The van der Waals surface area contributed by atoms with Gasteiger partial charge in [-0.25, -0.2) is 9.97 Å². The van der Waals surface area contributed by atoms with Crippen LogP contribution in [0, 0.1) is 20.8 Å². The Morgan fingerprint density at radius 1 is 0.396 bits per heavy atom. The van der Waals surface area contributed by atoms with Crippen LogP contribution in [-0.4, -0.2) is 89.6 Å². The number of pyridine rings is 7. The molecule has 3 fully saturated rings. The Morgan fingerprint density at radius 3 is 1.27 bits per heavy atom. The van der Waals surface area contributed by atoms with Crippen molar-refractivity contribution in [3.05, 3.63) is 235 Å². The van der Waals surface area contributed by atoms with Crippen molar-refractivity contribution in [1.29, 1.82) is 0 Å². The lowest BCUT2D eigenvalue weighted by molar-refractivity contribution is 0.00578. The molecule has 2 N–H and O–H groups in total. The Morgan fingerprint density at radius 2 is 0.792 bits per heavy atom. The highest BCUT2D eigenvalue weighted by molar-refractivity contribution is 9.10. The Hall–Kier alpha value is -8.04. The summed E-state index contributed by atoms with van der Waals surface area (Å²) in [4.78, 5) is 52.8. The quantitative estimate of drug-likeness (QED) is 0.155. The van der Waals surface area contributed by atoms with Gasteiger partial charge in [0.15, 0.2) is 10.9 Å². The van der Waals surface area contributed by atoms with Gasteiger partial charge in [0.25, 0.3) is 0 Å². The molecule has 3 aliphatic heterocycles. The van der Waals surface area contributed by atoms with Gasteiger partial charge in [-0.15, -0.1) is 0 Å². The second kappa shape index (κ2) is 27.5. The molecule has 10 heterocycles. The standard InChI is InChI=1S/C24H17N3O.C16H20BNO2.C14H9BrN2O.C12H24B2O4.C10H8BrN/c1-15-12-18(13-17-8-5-10-25-22(15)17)19-14-20-21(28)9-11-26-24(20)27-23(19)16-6-3-2-4-7-16;1-11-9-13(10-12-7-6-8-18-14(11)12)17-19-15(2,3)16(4,5)20-17;15-11-8-10-12(18)6-7-16-14(10)17-13(11)9-4-2-1-3-5-9;1-9(2)10(3,4)16-13(15-9)14-17-11(5,6)12(7,8)18-14;1-7-5-9(11)6-8-3-2-4-12-10(7)8/h2-14H,1H3,(H,26,27,28);6-10H,1-5H3;1-8H,(H,16,17,18);1-8H3;2-6H,1H3. The van der Waals surface area contributed by atoms with Crippen LogP contribution in [0.2, 0.25) is 0 Å². The molecule has 12 aromatic rings. The van der Waals surface area contributed by atoms with Crippen molar-refractivity contribution >= 4 is 113 Å². The lowest BCUT2D eigenvalue weighted by atomic mass is 9.49. The predicted molar refractivity (Wildman–Crippen MR) is 397 cm³/mol. The van der Waals surface area contributed by atoms with E-state index in [4.69, 9.17) is 32.9 Å². The summed E-state index contributed by atoms with van der Waals surface area (Å²) in [6.45, 7) is 30.7. The molecule has 0 unspecified atom stereocenters. The number of fused-ring (bicyclic) bond motifs is 5. The van der Waals surface area contributed by atoms with Gasteiger partial charge in [0.1, 0.15) is 11.3 Å². The molecule has 7 aromatic heterocycles. The van der Waals surface area contributed by atoms with Gasteiger partial charge in [0.05, 0.1) is 72.3 Å². The number of aromatic amines is 2. The fourth-order valence-corrected chi connectivity index (χ4v) is 12.5. The van der Waals surface area contributed by atoms with Crippen molar-refractivity contribution in [2.75, 3.05) is 0 Å². The number of benzene rings is 5. The topological polar surface area (TPSA) is 186 Å². The monoisotopic (exact) mass is 1410 g/mol. The van der Waals surface area contributed by atoms with Gasteiger partial charge in [-0.2, -0.15) is 0 Å². The third-order valence-corrected chi connectivity index (χ3v) is 19.9. The van der Waals surface area contributed by atoms with E-state index in [-0.39, 0.29) is 51.6 Å². The first kappa shape index (κ1) is 69.3. The largest absolute Gasteiger partial charge is 0.494 e. The summed E-state index contributed by atoms with van der Waals surface area (Å²) < 4.78 is 38.0. The van der Waals surface area contributed by atoms with Crippen LogP contribution in [0.3, 0.4) is 0 Å². The van der Waals surface area contributed by atoms with E-state index in [2.05, 4.69) is 165 Å². The van der Waals surface area contributed by atoms with Gasteiger partial charge in [0.2, 0.25) is 0 Å². The molecule has 0 radical (unpaired) electrons. The van der Waals surface area contributed by atoms with Crippen molar-refractivity contribution in [3.8, 4) is 33.6 Å². The van der Waals surface area contributed by atoms with Crippen LogP contribution >= 0.6 is 31.9 Å². The van der Waals surface area contributed by atoms with E-state index < -0.39 is 14.0 Å². The molecule has 3 saturated heterocycles. The number of nitrogens with one attached hydrogen (secondary N) is 2. The molecule has 0 saturated carbocycles. The molecule has 0 bridgehead atoms. The maximum atomic E-state index is 12.4. The zero-order valence-electron chi connectivity index (χ0n) is 56.9. The number of H-pyrrole nitrogens is 2. The number of hydrogen-bond donors (Lipinski definition) is 2. The van der Waals surface area contributed by atoms with E-state index in [1.807, 2.05) is 165 Å². The summed E-state index contributed by atoms with van der Waals surface area (Å²) >= 11 is 6.93. The molecular formula is C76H78B3Br2N7O8. The molecule has 0 aliphatic carbocycles. The highest BCUT2D eigenvalue weighted by Gasteiger charge is 2.64. The van der Waals surface area contributed by atoms with Crippen molar-refractivity contribution in [2.24, 2.45) is 0 Å². The number of halogens is 2. The second-order valence-electron chi connectivity index (χ2n) is 27.3. The molecule has 20 heteroatoms. The van der Waals surface area contributed by atoms with Gasteiger partial charge < -0.3 is 37.9 Å². The van der Waals surface area contributed by atoms with Gasteiger partial charge in [-0.05, 0) is 202 Å². The highest BCUT2D eigenvalue weighted by atomic mass is 79.9. The number of nitrogens with zero attached hydrogens (tertiary/aromatic N) is 5. The van der Waals surface area contributed by atoms with E-state index >= 15 is 0 Å². The molecular weight excluding hydrogens is 1330 g/mol. The average Bonchev–Trinajstić information content (AvgIpc) is 1.53. The number of hydrogen-bond acceptors (Lipinski definition) is 13. The minimum Gasteiger partial charge on any atom is -0.405 e. The van der Waals surface area contributed by atoms with Gasteiger partial charge in [-0.3, -0.25) is 24.5 Å². The van der Waals surface area contributed by atoms with Crippen LogP contribution in [0.15, 0.2) is 207 Å². The van der Waals surface area contributed by atoms with E-state index in [9.17, 15) is 9.59 Å². The minimum absolute atomic E-state index is 0.0310. The zero-order chi connectivity index (χ0) is 68.7. The first-order valence-electron chi connectivity index (χ1n) is 32.0. The van der Waals surface area contributed by atoms with Gasteiger partial charge in [-0.1, -0.05) is 107 Å². The van der Waals surface area contributed by atoms with Crippen LogP contribution in [0.1, 0.15) is 99.8 Å². The summed E-state index contributed by atoms with van der Waals surface area (Å²) in [6.07, 6.45) is 8.70. The Kier molecular flexibility index (Phi) is 19.8. The van der Waals surface area contributed by atoms with Crippen molar-refractivity contribution < 1.29 is 27.9 Å². The summed E-state index contributed by atoms with van der Waals surface area (Å²) in [5.74, 6) is 0. The summed E-state index contributed by atoms with van der Waals surface area (Å²) in [6, 6.07) is 51.3. The normalized spacial score (nSPS) is 16.9. The summed E-state index contributed by atoms with van der Waals surface area (Å²) in [7, 11) is -1.27. The molecule has 15 rings (SSSR count). The maximum Gasteiger partial charge on any atom is 0.494 e. The molecule has 15 nitrogen and oxygen atoms in total. The van der Waals surface area contributed by atoms with Crippen LogP contribution < -0.4 is 16.3 Å². The third kappa shape index (κ3) is 14.6. The smallest absolute Gasteiger partial charge is 0.405 e. The van der Waals surface area contributed by atoms with Crippen molar-refractivity contribution in [2.45, 2.75) is 137 Å². The first-order chi connectivity index (χ1) is 45.4. The second-order valence-corrected chi connectivity index (χ2v) is 29.1. The lowest BCUT2D eigenvalue weighted by Gasteiger charge is -2.32. The van der Waals surface area contributed by atoms with Crippen LogP contribution in [0.5, 0.6) is 0 Å². The zero-order valence-corrected chi connectivity index (χ0v) is 60.1. The fraction of sp³-hybridized carbons (Fsp3) is 0.276. The fourth-order valence-electron chi connectivity index (χ4n) is 11.4. The summed E-state index contributed by atoms with van der Waals surface area (Å²) in [5.41, 5.74) is 12.3. The Labute approximate surface area is 578 Å². The minimum atomic E-state index is -0.476. The van der Waals surface area contributed by atoms with Crippen LogP contribution in [0.4, 0.5) is 0 Å². The van der Waals surface area contributed by atoms with Gasteiger partial charge in [0, 0.05) is 84.9 Å². The first-order valence-corrected chi connectivity index (χ1v) is 33.6. The van der Waals surface area contributed by atoms with Crippen LogP contribution in [0.25, 0.3) is 88.4 Å². The molecule has 0 amide bonds. The molecule has 0 atom stereocenters. The maximum absolute atomic E-state index is 12.4. The number of aromatic nitrogens is 7. The number of aryl methyl sites for hydroxylation is 3. The highest BCUT2D eigenvalue weighted by Crippen LogP contribution is 2.44. The average molecular weight is 1410 g/mol. The third-order valence-electron chi connectivity index (χ3n) is 18.8. The Balaban J connectivity index is 0.000000125. The summed E-state index contributed by atoms with van der Waals surface area (Å²) in [5, 5.41) is 4.55. The molecule has 3 aliphatic rings. The molecule has 0 spiro atoms. The van der Waals surface area contributed by atoms with E-state index in [1.54, 1.807) is 12.4 Å². The SMILES string of the molecule is CC1(C)OB(B2OC(C)(C)C(C)(C)O2)OC1(C)C.Cc1cc(-c2cc3c(=O)cc[nH]c3nc2-c2ccccc2)cc2cccnc12.Cc1cc(B2OC(C)(C)C(C)(C)O2)cc2cccnc12.Cc1cc(Br)cc2cccnc12.O=c1cc[nH]c2nc(-c3ccccc3)c(Br)cc12. The molecule has 5 aromatic carbocycles. The van der Waals surface area contributed by atoms with Crippen LogP contribution in [-0.2, 0) is 27.9 Å². The van der Waals surface area contributed by atoms with E-state index in [0.717, 1.165) is 86.5 Å².